The van der Waals surface area contributed by atoms with E-state index in [0.29, 0.717) is 10.9 Å². The van der Waals surface area contributed by atoms with Crippen LogP contribution in [0.5, 0.6) is 0 Å². The predicted molar refractivity (Wildman–Crippen MR) is 104 cm³/mol. The van der Waals surface area contributed by atoms with Crippen molar-refractivity contribution >= 4 is 10.8 Å². The van der Waals surface area contributed by atoms with Crippen molar-refractivity contribution in [1.29, 1.82) is 0 Å². The highest BCUT2D eigenvalue weighted by atomic mass is 19.4. The molecule has 29 heavy (non-hydrogen) atoms. The van der Waals surface area contributed by atoms with Crippen LogP contribution in [0.1, 0.15) is 54.4 Å². The minimum absolute atomic E-state index is 0.203. The smallest absolute Gasteiger partial charge is 0.206 e. The Morgan fingerprint density at radius 3 is 2.41 bits per heavy atom. The molecule has 3 aromatic rings. The monoisotopic (exact) mass is 404 g/mol. The maximum atomic E-state index is 14.3. The van der Waals surface area contributed by atoms with Crippen LogP contribution in [0.2, 0.25) is 0 Å². The quantitative estimate of drug-likeness (QED) is 0.394. The molecule has 0 N–H and O–H groups in total. The van der Waals surface area contributed by atoms with Gasteiger partial charge in [0, 0.05) is 11.3 Å². The highest BCUT2D eigenvalue weighted by Crippen LogP contribution is 2.46. The summed E-state index contributed by atoms with van der Waals surface area (Å²) in [5.74, 6) is -1.54. The Balaban J connectivity index is 1.88. The first-order chi connectivity index (χ1) is 13.8. The molecule has 1 aliphatic rings. The van der Waals surface area contributed by atoms with E-state index in [1.54, 1.807) is 12.1 Å². The second-order valence-corrected chi connectivity index (χ2v) is 7.77. The van der Waals surface area contributed by atoms with Crippen molar-refractivity contribution in [3.05, 3.63) is 82.4 Å². The largest absolute Gasteiger partial charge is 0.419 e. The molecule has 4 rings (SSSR count). The van der Waals surface area contributed by atoms with E-state index < -0.39 is 17.6 Å². The molecular formula is C24H21F5. The fourth-order valence-corrected chi connectivity index (χ4v) is 4.81. The maximum Gasteiger partial charge on any atom is 0.419 e. The molecule has 0 heterocycles. The summed E-state index contributed by atoms with van der Waals surface area (Å²) in [5.41, 5.74) is 1.28. The summed E-state index contributed by atoms with van der Waals surface area (Å²) < 4.78 is 67.5. The molecule has 5 heteroatoms. The lowest BCUT2D eigenvalue weighted by atomic mass is 9.69. The van der Waals surface area contributed by atoms with Gasteiger partial charge in [0.25, 0.3) is 0 Å². The number of hydrogen-bond acceptors (Lipinski definition) is 0. The second-order valence-electron chi connectivity index (χ2n) is 7.77. The molecule has 0 aromatic heterocycles. The van der Waals surface area contributed by atoms with Crippen molar-refractivity contribution in [2.75, 3.05) is 0 Å². The second kappa shape index (κ2) is 7.43. The van der Waals surface area contributed by atoms with Crippen molar-refractivity contribution in [3.8, 4) is 0 Å². The lowest BCUT2D eigenvalue weighted by Crippen LogP contribution is -2.22. The molecule has 152 valence electrons. The van der Waals surface area contributed by atoms with Gasteiger partial charge in [-0.2, -0.15) is 13.2 Å². The first-order valence-electron chi connectivity index (χ1n) is 9.88. The predicted octanol–water partition coefficient (Wildman–Crippen LogP) is 7.63. The van der Waals surface area contributed by atoms with Gasteiger partial charge in [0.05, 0.1) is 5.56 Å². The summed E-state index contributed by atoms with van der Waals surface area (Å²) in [6.07, 6.45) is -1.27. The molecular weight excluding hydrogens is 383 g/mol. The number of fused-ring (bicyclic) bond motifs is 3. The molecule has 2 unspecified atom stereocenters. The zero-order valence-electron chi connectivity index (χ0n) is 16.0. The molecule has 2 atom stereocenters. The minimum Gasteiger partial charge on any atom is -0.206 e. The van der Waals surface area contributed by atoms with Crippen molar-refractivity contribution in [1.82, 2.24) is 0 Å². The van der Waals surface area contributed by atoms with E-state index in [-0.39, 0.29) is 17.7 Å². The molecule has 0 fully saturated rings. The normalized spacial score (nSPS) is 19.4. The lowest BCUT2D eigenvalue weighted by Gasteiger charge is -2.35. The molecule has 3 aromatic carbocycles. The average Bonchev–Trinajstić information content (AvgIpc) is 2.67. The first-order valence-corrected chi connectivity index (χ1v) is 9.88. The Bertz CT molecular complexity index is 1050. The van der Waals surface area contributed by atoms with E-state index in [1.165, 1.54) is 12.1 Å². The summed E-state index contributed by atoms with van der Waals surface area (Å²) in [7, 11) is 0. The van der Waals surface area contributed by atoms with Crippen molar-refractivity contribution in [2.24, 2.45) is 5.92 Å². The fourth-order valence-electron chi connectivity index (χ4n) is 4.81. The fraction of sp³-hybridized carbons (Fsp3) is 0.333. The van der Waals surface area contributed by atoms with Crippen molar-refractivity contribution in [3.63, 3.8) is 0 Å². The van der Waals surface area contributed by atoms with Crippen LogP contribution in [0.25, 0.3) is 10.8 Å². The first kappa shape index (κ1) is 19.9. The van der Waals surface area contributed by atoms with Crippen LogP contribution >= 0.6 is 0 Å². The zero-order valence-corrected chi connectivity index (χ0v) is 16.0. The Morgan fingerprint density at radius 2 is 1.72 bits per heavy atom. The van der Waals surface area contributed by atoms with Crippen LogP contribution in [-0.2, 0) is 12.6 Å². The third-order valence-electron chi connectivity index (χ3n) is 6.04. The minimum atomic E-state index is -4.72. The summed E-state index contributed by atoms with van der Waals surface area (Å²) >= 11 is 0. The molecule has 0 amide bonds. The molecule has 0 aliphatic heterocycles. The van der Waals surface area contributed by atoms with Gasteiger partial charge in [0.2, 0.25) is 0 Å². The van der Waals surface area contributed by atoms with Crippen LogP contribution in [0.15, 0.2) is 48.5 Å². The van der Waals surface area contributed by atoms with Crippen LogP contribution in [0, 0.1) is 17.6 Å². The number of alkyl halides is 3. The molecule has 0 bridgehead atoms. The van der Waals surface area contributed by atoms with E-state index in [4.69, 9.17) is 0 Å². The van der Waals surface area contributed by atoms with Crippen LogP contribution in [0.3, 0.4) is 0 Å². The van der Waals surface area contributed by atoms with Crippen molar-refractivity contribution in [2.45, 2.75) is 44.7 Å². The SMILES string of the molecule is CCCC1CCc2c(ccc3c(F)cccc23)C1c1ccc(C(F)(F)F)c(F)c1. The summed E-state index contributed by atoms with van der Waals surface area (Å²) in [4.78, 5) is 0. The van der Waals surface area contributed by atoms with Crippen molar-refractivity contribution < 1.29 is 22.0 Å². The van der Waals surface area contributed by atoms with Crippen LogP contribution in [-0.4, -0.2) is 0 Å². The molecule has 0 saturated heterocycles. The lowest BCUT2D eigenvalue weighted by molar-refractivity contribution is -0.140. The molecule has 0 radical (unpaired) electrons. The van der Waals surface area contributed by atoms with Crippen LogP contribution in [0.4, 0.5) is 22.0 Å². The van der Waals surface area contributed by atoms with Gasteiger partial charge < -0.3 is 0 Å². The van der Waals surface area contributed by atoms with Gasteiger partial charge in [-0.25, -0.2) is 8.78 Å². The van der Waals surface area contributed by atoms with E-state index in [2.05, 4.69) is 6.92 Å². The summed E-state index contributed by atoms with van der Waals surface area (Å²) in [6, 6.07) is 11.8. The topological polar surface area (TPSA) is 0 Å². The third kappa shape index (κ3) is 3.52. The maximum absolute atomic E-state index is 14.3. The molecule has 0 spiro atoms. The molecule has 0 nitrogen and oxygen atoms in total. The van der Waals surface area contributed by atoms with Gasteiger partial charge in [0.1, 0.15) is 11.6 Å². The summed E-state index contributed by atoms with van der Waals surface area (Å²) in [6.45, 7) is 2.07. The summed E-state index contributed by atoms with van der Waals surface area (Å²) in [5, 5.41) is 1.37. The van der Waals surface area contributed by atoms with Gasteiger partial charge in [-0.05, 0) is 65.5 Å². The van der Waals surface area contributed by atoms with E-state index in [0.717, 1.165) is 54.3 Å². The Hall–Kier alpha value is -2.43. The number of benzene rings is 3. The average molecular weight is 404 g/mol. The zero-order chi connectivity index (χ0) is 20.8. The van der Waals surface area contributed by atoms with Gasteiger partial charge in [0.15, 0.2) is 0 Å². The van der Waals surface area contributed by atoms with E-state index >= 15 is 0 Å². The number of rotatable bonds is 3. The Labute approximate surface area is 166 Å². The standard InChI is InChI=1S/C24H21F5/c1-2-4-14-7-9-17-16-5-3-6-21(25)18(16)10-11-19(17)23(14)15-8-12-20(22(26)13-15)24(27,28)29/h3,5-6,8,10-14,23H,2,4,7,9H2,1H3. The van der Waals surface area contributed by atoms with Gasteiger partial charge >= 0.3 is 6.18 Å². The third-order valence-corrected chi connectivity index (χ3v) is 6.04. The molecule has 0 saturated carbocycles. The number of halogens is 5. The highest BCUT2D eigenvalue weighted by molar-refractivity contribution is 5.88. The van der Waals surface area contributed by atoms with Gasteiger partial charge in [-0.15, -0.1) is 0 Å². The molecule has 1 aliphatic carbocycles. The van der Waals surface area contributed by atoms with E-state index in [9.17, 15) is 22.0 Å². The van der Waals surface area contributed by atoms with Crippen LogP contribution < -0.4 is 0 Å². The van der Waals surface area contributed by atoms with Gasteiger partial charge in [-0.3, -0.25) is 0 Å². The van der Waals surface area contributed by atoms with Gasteiger partial charge in [-0.1, -0.05) is 43.7 Å². The highest BCUT2D eigenvalue weighted by Gasteiger charge is 2.36. The number of hydrogen-bond donors (Lipinski definition) is 0. The van der Waals surface area contributed by atoms with E-state index in [1.807, 2.05) is 12.1 Å². The Morgan fingerprint density at radius 1 is 0.931 bits per heavy atom. The Kier molecular flexibility index (Phi) is 5.09. The number of aryl methyl sites for hydroxylation is 1.